The van der Waals surface area contributed by atoms with Crippen molar-refractivity contribution in [1.29, 1.82) is 0 Å². The van der Waals surface area contributed by atoms with E-state index in [1.54, 1.807) is 11.8 Å². The summed E-state index contributed by atoms with van der Waals surface area (Å²) in [4.78, 5) is 12.6. The molecule has 0 radical (unpaired) electrons. The highest BCUT2D eigenvalue weighted by Gasteiger charge is 2.20. The molecule has 0 bridgehead atoms. The van der Waals surface area contributed by atoms with Crippen LogP contribution in [0.4, 0.5) is 0 Å². The fraction of sp³-hybridized carbons (Fsp3) is 0.278. The standard InChI is InChI=1S/C18H20N4OS/c1-13-6-8-14(9-7-13)18(23)19-15(10-12-24-2)17-21-20-16-5-3-4-11-22(16)17/h3-9,11,15H,10,12H2,1-2H3,(H,19,23). The minimum Gasteiger partial charge on any atom is -0.342 e. The molecule has 2 aromatic heterocycles. The van der Waals surface area contributed by atoms with E-state index in [1.165, 1.54) is 0 Å². The molecule has 124 valence electrons. The van der Waals surface area contributed by atoms with E-state index in [0.717, 1.165) is 29.2 Å². The predicted molar refractivity (Wildman–Crippen MR) is 97.4 cm³/mol. The fourth-order valence-corrected chi connectivity index (χ4v) is 3.02. The average molecular weight is 340 g/mol. The summed E-state index contributed by atoms with van der Waals surface area (Å²) in [5.74, 6) is 1.61. The average Bonchev–Trinajstić information content (AvgIpc) is 3.03. The molecule has 0 spiro atoms. The number of amides is 1. The first-order chi connectivity index (χ1) is 11.7. The van der Waals surface area contributed by atoms with Gasteiger partial charge in [0.15, 0.2) is 11.5 Å². The van der Waals surface area contributed by atoms with Gasteiger partial charge in [0.1, 0.15) is 0 Å². The summed E-state index contributed by atoms with van der Waals surface area (Å²) < 4.78 is 1.93. The molecule has 0 saturated carbocycles. The molecule has 0 aliphatic heterocycles. The molecule has 1 unspecified atom stereocenters. The molecule has 1 N–H and O–H groups in total. The van der Waals surface area contributed by atoms with Crippen molar-refractivity contribution >= 4 is 23.3 Å². The van der Waals surface area contributed by atoms with E-state index >= 15 is 0 Å². The van der Waals surface area contributed by atoms with Crippen LogP contribution < -0.4 is 5.32 Å². The van der Waals surface area contributed by atoms with Crippen LogP contribution in [0.5, 0.6) is 0 Å². The zero-order chi connectivity index (χ0) is 16.9. The second-order valence-electron chi connectivity index (χ2n) is 5.66. The highest BCUT2D eigenvalue weighted by molar-refractivity contribution is 7.98. The topological polar surface area (TPSA) is 59.3 Å². The van der Waals surface area contributed by atoms with Crippen LogP contribution in [-0.2, 0) is 0 Å². The number of nitrogens with zero attached hydrogens (tertiary/aromatic N) is 3. The lowest BCUT2D eigenvalue weighted by Gasteiger charge is -2.17. The van der Waals surface area contributed by atoms with Crippen molar-refractivity contribution in [2.45, 2.75) is 19.4 Å². The van der Waals surface area contributed by atoms with E-state index in [1.807, 2.05) is 60.0 Å². The lowest BCUT2D eigenvalue weighted by molar-refractivity contribution is 0.0934. The maximum absolute atomic E-state index is 12.6. The monoisotopic (exact) mass is 340 g/mol. The number of rotatable bonds is 6. The molecule has 0 fully saturated rings. The van der Waals surface area contributed by atoms with E-state index in [-0.39, 0.29) is 11.9 Å². The molecule has 0 aliphatic carbocycles. The Morgan fingerprint density at radius 2 is 2.00 bits per heavy atom. The number of hydrogen-bond acceptors (Lipinski definition) is 4. The Hall–Kier alpha value is -2.34. The Balaban J connectivity index is 1.86. The number of hydrogen-bond donors (Lipinski definition) is 1. The maximum atomic E-state index is 12.6. The predicted octanol–water partition coefficient (Wildman–Crippen LogP) is 3.26. The number of aromatic nitrogens is 3. The molecule has 6 heteroatoms. The smallest absolute Gasteiger partial charge is 0.251 e. The summed E-state index contributed by atoms with van der Waals surface area (Å²) in [6.45, 7) is 2.01. The first-order valence-electron chi connectivity index (χ1n) is 7.85. The van der Waals surface area contributed by atoms with Crippen LogP contribution in [-0.4, -0.2) is 32.5 Å². The van der Waals surface area contributed by atoms with Crippen molar-refractivity contribution in [3.05, 3.63) is 65.6 Å². The van der Waals surface area contributed by atoms with Crippen molar-refractivity contribution in [2.75, 3.05) is 12.0 Å². The van der Waals surface area contributed by atoms with Crippen LogP contribution >= 0.6 is 11.8 Å². The zero-order valence-corrected chi connectivity index (χ0v) is 14.6. The van der Waals surface area contributed by atoms with Gasteiger partial charge in [0.25, 0.3) is 5.91 Å². The third-order valence-electron chi connectivity index (χ3n) is 3.88. The molecule has 1 amide bonds. The van der Waals surface area contributed by atoms with Gasteiger partial charge in [0.2, 0.25) is 0 Å². The second kappa shape index (κ2) is 7.49. The summed E-state index contributed by atoms with van der Waals surface area (Å²) in [5.41, 5.74) is 2.57. The van der Waals surface area contributed by atoms with Gasteiger partial charge in [-0.1, -0.05) is 23.8 Å². The molecule has 2 heterocycles. The van der Waals surface area contributed by atoms with Gasteiger partial charge >= 0.3 is 0 Å². The quantitative estimate of drug-likeness (QED) is 0.748. The maximum Gasteiger partial charge on any atom is 0.251 e. The second-order valence-corrected chi connectivity index (χ2v) is 6.65. The summed E-state index contributed by atoms with van der Waals surface area (Å²) in [6.07, 6.45) is 4.78. The van der Waals surface area contributed by atoms with Gasteiger partial charge in [-0.2, -0.15) is 11.8 Å². The van der Waals surface area contributed by atoms with Crippen molar-refractivity contribution in [3.8, 4) is 0 Å². The van der Waals surface area contributed by atoms with Gasteiger partial charge in [-0.3, -0.25) is 9.20 Å². The number of benzene rings is 1. The van der Waals surface area contributed by atoms with E-state index in [4.69, 9.17) is 0 Å². The SMILES string of the molecule is CSCCC(NC(=O)c1ccc(C)cc1)c1nnc2ccccn12. The molecular weight excluding hydrogens is 320 g/mol. The van der Waals surface area contributed by atoms with Crippen molar-refractivity contribution < 1.29 is 4.79 Å². The van der Waals surface area contributed by atoms with Gasteiger partial charge in [-0.05, 0) is 49.6 Å². The number of nitrogens with one attached hydrogen (secondary N) is 1. The van der Waals surface area contributed by atoms with E-state index in [0.29, 0.717) is 5.56 Å². The molecule has 5 nitrogen and oxygen atoms in total. The number of fused-ring (bicyclic) bond motifs is 1. The van der Waals surface area contributed by atoms with E-state index in [2.05, 4.69) is 21.8 Å². The van der Waals surface area contributed by atoms with Crippen molar-refractivity contribution in [3.63, 3.8) is 0 Å². The molecule has 1 atom stereocenters. The van der Waals surface area contributed by atoms with Crippen LogP contribution in [0.15, 0.2) is 48.7 Å². The molecule has 0 saturated heterocycles. The summed E-state index contributed by atoms with van der Waals surface area (Å²) in [7, 11) is 0. The van der Waals surface area contributed by atoms with Gasteiger partial charge in [0, 0.05) is 11.8 Å². The largest absolute Gasteiger partial charge is 0.342 e. The number of aryl methyl sites for hydroxylation is 1. The summed E-state index contributed by atoms with van der Waals surface area (Å²) >= 11 is 1.75. The summed E-state index contributed by atoms with van der Waals surface area (Å²) in [6, 6.07) is 13.2. The van der Waals surface area contributed by atoms with Crippen molar-refractivity contribution in [2.24, 2.45) is 0 Å². The Labute approximate surface area is 145 Å². The number of thioether (sulfide) groups is 1. The molecule has 3 aromatic rings. The van der Waals surface area contributed by atoms with E-state index in [9.17, 15) is 4.79 Å². The molecule has 1 aromatic carbocycles. The van der Waals surface area contributed by atoms with Crippen LogP contribution in [0.1, 0.15) is 34.2 Å². The highest BCUT2D eigenvalue weighted by Crippen LogP contribution is 2.19. The fourth-order valence-electron chi connectivity index (χ4n) is 2.55. The molecule has 3 rings (SSSR count). The summed E-state index contributed by atoms with van der Waals surface area (Å²) in [5, 5.41) is 11.6. The first-order valence-corrected chi connectivity index (χ1v) is 9.24. The van der Waals surface area contributed by atoms with E-state index < -0.39 is 0 Å². The Kier molecular flexibility index (Phi) is 5.15. The van der Waals surface area contributed by atoms with Gasteiger partial charge in [-0.25, -0.2) is 0 Å². The highest BCUT2D eigenvalue weighted by atomic mass is 32.2. The minimum absolute atomic E-state index is 0.0891. The zero-order valence-electron chi connectivity index (χ0n) is 13.8. The minimum atomic E-state index is -0.177. The first kappa shape index (κ1) is 16.5. The van der Waals surface area contributed by atoms with Gasteiger partial charge in [-0.15, -0.1) is 10.2 Å². The number of pyridine rings is 1. The lowest BCUT2D eigenvalue weighted by atomic mass is 10.1. The van der Waals surface area contributed by atoms with Crippen LogP contribution in [0, 0.1) is 6.92 Å². The Morgan fingerprint density at radius 1 is 1.21 bits per heavy atom. The molecular formula is C18H20N4OS. The van der Waals surface area contributed by atoms with Gasteiger partial charge in [0.05, 0.1) is 6.04 Å². The number of carbonyl (C=O) groups excluding carboxylic acids is 1. The normalized spacial score (nSPS) is 12.2. The van der Waals surface area contributed by atoms with Crippen LogP contribution in [0.25, 0.3) is 5.65 Å². The Morgan fingerprint density at radius 3 is 2.75 bits per heavy atom. The van der Waals surface area contributed by atoms with Crippen LogP contribution in [0.3, 0.4) is 0 Å². The van der Waals surface area contributed by atoms with Crippen molar-refractivity contribution in [1.82, 2.24) is 19.9 Å². The molecule has 0 aliphatic rings. The lowest BCUT2D eigenvalue weighted by Crippen LogP contribution is -2.30. The third-order valence-corrected chi connectivity index (χ3v) is 4.53. The molecule has 24 heavy (non-hydrogen) atoms. The van der Waals surface area contributed by atoms with Gasteiger partial charge < -0.3 is 5.32 Å². The Bertz CT molecular complexity index is 828. The third kappa shape index (κ3) is 3.59. The number of carbonyl (C=O) groups is 1. The van der Waals surface area contributed by atoms with Crippen LogP contribution in [0.2, 0.25) is 0 Å².